The van der Waals surface area contributed by atoms with Crippen LogP contribution in [0.15, 0.2) is 24.3 Å². The summed E-state index contributed by atoms with van der Waals surface area (Å²) in [4.78, 5) is 10.3. The maximum absolute atomic E-state index is 10.6. The third kappa shape index (κ3) is 3.62. The van der Waals surface area contributed by atoms with Crippen LogP contribution in [0.4, 0.5) is 5.69 Å². The molecule has 1 unspecified atom stereocenters. The summed E-state index contributed by atoms with van der Waals surface area (Å²) in [6.45, 7) is 7.19. The first kappa shape index (κ1) is 12.6. The smallest absolute Gasteiger partial charge is 0.269 e. The first-order valence-electron chi connectivity index (χ1n) is 5.48. The van der Waals surface area contributed by atoms with E-state index in [2.05, 4.69) is 19.2 Å². The van der Waals surface area contributed by atoms with Gasteiger partial charge in [0.2, 0.25) is 0 Å². The minimum Gasteiger partial charge on any atom is -0.310 e. The maximum Gasteiger partial charge on any atom is 0.269 e. The Morgan fingerprint density at radius 1 is 1.38 bits per heavy atom. The molecule has 4 nitrogen and oxygen atoms in total. The Bertz CT molecular complexity index is 364. The molecule has 0 heterocycles. The van der Waals surface area contributed by atoms with Gasteiger partial charge < -0.3 is 5.32 Å². The van der Waals surface area contributed by atoms with Crippen molar-refractivity contribution in [3.8, 4) is 0 Å². The Hall–Kier alpha value is -1.42. The lowest BCUT2D eigenvalue weighted by molar-refractivity contribution is -0.384. The molecule has 16 heavy (non-hydrogen) atoms. The topological polar surface area (TPSA) is 55.2 Å². The first-order valence-corrected chi connectivity index (χ1v) is 5.48. The van der Waals surface area contributed by atoms with E-state index in [1.54, 1.807) is 12.1 Å². The highest BCUT2D eigenvalue weighted by molar-refractivity contribution is 5.35. The van der Waals surface area contributed by atoms with E-state index in [1.165, 1.54) is 6.07 Å². The average Bonchev–Trinajstić information content (AvgIpc) is 2.26. The first-order chi connectivity index (χ1) is 7.50. The fraction of sp³-hybridized carbons (Fsp3) is 0.500. The predicted octanol–water partition coefficient (Wildman–Crippen LogP) is 2.90. The van der Waals surface area contributed by atoms with Crippen LogP contribution in [-0.2, 0) is 0 Å². The lowest BCUT2D eigenvalue weighted by atomic mass is 10.1. The van der Waals surface area contributed by atoms with Gasteiger partial charge in [-0.25, -0.2) is 0 Å². The van der Waals surface area contributed by atoms with Gasteiger partial charge in [0.25, 0.3) is 5.69 Å². The van der Waals surface area contributed by atoms with Gasteiger partial charge in [0.1, 0.15) is 0 Å². The zero-order chi connectivity index (χ0) is 12.1. The molecule has 0 aliphatic carbocycles. The molecule has 0 aliphatic heterocycles. The highest BCUT2D eigenvalue weighted by Crippen LogP contribution is 2.18. The minimum absolute atomic E-state index is 0.141. The third-order valence-electron chi connectivity index (χ3n) is 2.41. The number of rotatable bonds is 5. The van der Waals surface area contributed by atoms with Gasteiger partial charge in [0, 0.05) is 18.2 Å². The van der Waals surface area contributed by atoms with E-state index < -0.39 is 0 Å². The van der Waals surface area contributed by atoms with Crippen molar-refractivity contribution >= 4 is 5.69 Å². The molecule has 0 radical (unpaired) electrons. The fourth-order valence-electron chi connectivity index (χ4n) is 1.44. The number of hydrogen-bond donors (Lipinski definition) is 1. The van der Waals surface area contributed by atoms with Crippen molar-refractivity contribution < 1.29 is 4.92 Å². The molecule has 0 aliphatic rings. The van der Waals surface area contributed by atoms with Crippen LogP contribution in [0.1, 0.15) is 32.4 Å². The summed E-state index contributed by atoms with van der Waals surface area (Å²) in [6.07, 6.45) is 0. The monoisotopic (exact) mass is 222 g/mol. The molecule has 1 atom stereocenters. The van der Waals surface area contributed by atoms with Gasteiger partial charge in [0.05, 0.1) is 4.92 Å². The summed E-state index contributed by atoms with van der Waals surface area (Å²) in [5.41, 5.74) is 1.10. The molecule has 0 fully saturated rings. The number of non-ortho nitro benzene ring substituents is 1. The molecular weight excluding hydrogens is 204 g/mol. The number of nitrogens with one attached hydrogen (secondary N) is 1. The lowest BCUT2D eigenvalue weighted by Gasteiger charge is -2.15. The molecule has 0 spiro atoms. The van der Waals surface area contributed by atoms with Crippen molar-refractivity contribution in [2.24, 2.45) is 5.92 Å². The van der Waals surface area contributed by atoms with Gasteiger partial charge >= 0.3 is 0 Å². The third-order valence-corrected chi connectivity index (χ3v) is 2.41. The number of nitrogens with zero attached hydrogens (tertiary/aromatic N) is 1. The van der Waals surface area contributed by atoms with Crippen LogP contribution in [0.3, 0.4) is 0 Å². The van der Waals surface area contributed by atoms with Crippen molar-refractivity contribution in [2.45, 2.75) is 26.8 Å². The van der Waals surface area contributed by atoms with E-state index in [1.807, 2.05) is 13.0 Å². The van der Waals surface area contributed by atoms with Gasteiger partial charge in [-0.1, -0.05) is 26.0 Å². The van der Waals surface area contributed by atoms with Crippen molar-refractivity contribution in [3.63, 3.8) is 0 Å². The summed E-state index contributed by atoms with van der Waals surface area (Å²) >= 11 is 0. The Kier molecular flexibility index (Phi) is 4.43. The number of nitro groups is 1. The second-order valence-electron chi connectivity index (χ2n) is 4.38. The van der Waals surface area contributed by atoms with Crippen LogP contribution in [-0.4, -0.2) is 11.5 Å². The van der Waals surface area contributed by atoms with E-state index in [4.69, 9.17) is 0 Å². The summed E-state index contributed by atoms with van der Waals surface area (Å²) in [5, 5.41) is 14.0. The van der Waals surface area contributed by atoms with Crippen LogP contribution in [0.2, 0.25) is 0 Å². The van der Waals surface area contributed by atoms with Crippen molar-refractivity contribution in [1.29, 1.82) is 0 Å². The highest BCUT2D eigenvalue weighted by Gasteiger charge is 2.10. The molecule has 1 N–H and O–H groups in total. The van der Waals surface area contributed by atoms with E-state index >= 15 is 0 Å². The fourth-order valence-corrected chi connectivity index (χ4v) is 1.44. The molecule has 0 saturated heterocycles. The number of hydrogen-bond acceptors (Lipinski definition) is 3. The van der Waals surface area contributed by atoms with E-state index in [-0.39, 0.29) is 16.7 Å². The molecule has 1 aromatic rings. The van der Waals surface area contributed by atoms with Crippen molar-refractivity contribution in [3.05, 3.63) is 39.9 Å². The largest absolute Gasteiger partial charge is 0.310 e. The Morgan fingerprint density at radius 3 is 2.62 bits per heavy atom. The summed E-state index contributed by atoms with van der Waals surface area (Å²) in [7, 11) is 0. The Balaban J connectivity index is 2.71. The average molecular weight is 222 g/mol. The van der Waals surface area contributed by atoms with Crippen molar-refractivity contribution in [1.82, 2.24) is 5.32 Å². The molecule has 88 valence electrons. The summed E-state index contributed by atoms with van der Waals surface area (Å²) < 4.78 is 0. The van der Waals surface area contributed by atoms with Gasteiger partial charge in [-0.2, -0.15) is 0 Å². The van der Waals surface area contributed by atoms with Crippen LogP contribution in [0, 0.1) is 16.0 Å². The Labute approximate surface area is 95.8 Å². The van der Waals surface area contributed by atoms with Gasteiger partial charge in [-0.15, -0.1) is 0 Å². The quantitative estimate of drug-likeness (QED) is 0.615. The van der Waals surface area contributed by atoms with Gasteiger partial charge in [-0.3, -0.25) is 10.1 Å². The Morgan fingerprint density at radius 2 is 2.06 bits per heavy atom. The molecule has 0 amide bonds. The van der Waals surface area contributed by atoms with Gasteiger partial charge in [-0.05, 0) is 24.9 Å². The van der Waals surface area contributed by atoms with E-state index in [0.29, 0.717) is 5.92 Å². The summed E-state index contributed by atoms with van der Waals surface area (Å²) in [5.74, 6) is 0.571. The molecular formula is C12H18N2O2. The summed E-state index contributed by atoms with van der Waals surface area (Å²) in [6, 6.07) is 6.91. The molecule has 1 rings (SSSR count). The highest BCUT2D eigenvalue weighted by atomic mass is 16.6. The van der Waals surface area contributed by atoms with Crippen LogP contribution >= 0.6 is 0 Å². The molecule has 0 saturated carbocycles. The van der Waals surface area contributed by atoms with Crippen LogP contribution < -0.4 is 5.32 Å². The SMILES string of the molecule is CC(C)CNC(C)c1cccc([N+](=O)[O-])c1. The molecule has 4 heteroatoms. The maximum atomic E-state index is 10.6. The van der Waals surface area contributed by atoms with Gasteiger partial charge in [0.15, 0.2) is 0 Å². The van der Waals surface area contributed by atoms with Crippen LogP contribution in [0.25, 0.3) is 0 Å². The molecule has 0 aromatic heterocycles. The normalized spacial score (nSPS) is 12.8. The number of nitro benzene ring substituents is 1. The zero-order valence-corrected chi connectivity index (χ0v) is 9.93. The minimum atomic E-state index is -0.362. The van der Waals surface area contributed by atoms with Crippen molar-refractivity contribution in [2.75, 3.05) is 6.54 Å². The van der Waals surface area contributed by atoms with Crippen LogP contribution in [0.5, 0.6) is 0 Å². The lowest BCUT2D eigenvalue weighted by Crippen LogP contribution is -2.23. The standard InChI is InChI=1S/C12H18N2O2/c1-9(2)8-13-10(3)11-5-4-6-12(7-11)14(15)16/h4-7,9-10,13H,8H2,1-3H3. The zero-order valence-electron chi connectivity index (χ0n) is 9.93. The predicted molar refractivity (Wildman–Crippen MR) is 64.4 cm³/mol. The molecule has 0 bridgehead atoms. The van der Waals surface area contributed by atoms with E-state index in [0.717, 1.165) is 12.1 Å². The molecule has 1 aromatic carbocycles. The van der Waals surface area contributed by atoms with E-state index in [9.17, 15) is 10.1 Å². The second kappa shape index (κ2) is 5.61. The number of benzene rings is 1. The second-order valence-corrected chi connectivity index (χ2v) is 4.38.